The fourth-order valence-corrected chi connectivity index (χ4v) is 1.36. The highest BCUT2D eigenvalue weighted by atomic mass is 16.6. The number of amides is 3. The van der Waals surface area contributed by atoms with Gasteiger partial charge in [0.05, 0.1) is 0 Å². The standard InChI is InChI=1S/C10H20N4O3/c1-10(2,3)17-9(16)13-12-8(15)14-6-4-11-5-7-14/h11H,4-7H2,1-3H3,(H,12,15)(H,13,16). The number of piperazine rings is 1. The molecule has 0 aromatic heterocycles. The molecule has 7 heteroatoms. The topological polar surface area (TPSA) is 82.7 Å². The first-order valence-corrected chi connectivity index (χ1v) is 5.63. The lowest BCUT2D eigenvalue weighted by molar-refractivity contribution is 0.0498. The number of urea groups is 1. The number of nitrogens with zero attached hydrogens (tertiary/aromatic N) is 1. The van der Waals surface area contributed by atoms with Gasteiger partial charge in [0.2, 0.25) is 0 Å². The molecular formula is C10H20N4O3. The molecule has 0 radical (unpaired) electrons. The van der Waals surface area contributed by atoms with Crippen molar-refractivity contribution in [2.45, 2.75) is 26.4 Å². The Kier molecular flexibility index (Phi) is 4.56. The lowest BCUT2D eigenvalue weighted by atomic mass is 10.2. The summed E-state index contributed by atoms with van der Waals surface area (Å²) in [6.07, 6.45) is -0.666. The van der Waals surface area contributed by atoms with Gasteiger partial charge < -0.3 is 15.0 Å². The van der Waals surface area contributed by atoms with Crippen molar-refractivity contribution >= 4 is 12.1 Å². The molecule has 1 aliphatic rings. The van der Waals surface area contributed by atoms with Gasteiger partial charge in [-0.25, -0.2) is 20.4 Å². The first-order valence-electron chi connectivity index (χ1n) is 5.63. The third-order valence-corrected chi connectivity index (χ3v) is 2.07. The van der Waals surface area contributed by atoms with Crippen LogP contribution in [0.15, 0.2) is 0 Å². The van der Waals surface area contributed by atoms with Gasteiger partial charge in [0.1, 0.15) is 5.60 Å². The molecule has 1 fully saturated rings. The van der Waals surface area contributed by atoms with Gasteiger partial charge in [0.15, 0.2) is 0 Å². The Morgan fingerprint density at radius 1 is 1.18 bits per heavy atom. The fraction of sp³-hybridized carbons (Fsp3) is 0.800. The van der Waals surface area contributed by atoms with E-state index in [9.17, 15) is 9.59 Å². The molecule has 1 aliphatic heterocycles. The third-order valence-electron chi connectivity index (χ3n) is 2.07. The number of hydrogen-bond donors (Lipinski definition) is 3. The van der Waals surface area contributed by atoms with Crippen LogP contribution in [-0.4, -0.2) is 48.8 Å². The van der Waals surface area contributed by atoms with Crippen LogP contribution in [-0.2, 0) is 4.74 Å². The van der Waals surface area contributed by atoms with Gasteiger partial charge in [0.25, 0.3) is 0 Å². The number of hydrazine groups is 1. The van der Waals surface area contributed by atoms with Crippen LogP contribution < -0.4 is 16.2 Å². The zero-order valence-corrected chi connectivity index (χ0v) is 10.5. The highest BCUT2D eigenvalue weighted by Crippen LogP contribution is 2.05. The highest BCUT2D eigenvalue weighted by molar-refractivity contribution is 5.77. The van der Waals surface area contributed by atoms with Crippen LogP contribution in [0.1, 0.15) is 20.8 Å². The number of hydrogen-bond acceptors (Lipinski definition) is 4. The van der Waals surface area contributed by atoms with Gasteiger partial charge in [-0.3, -0.25) is 0 Å². The molecule has 0 saturated carbocycles. The predicted molar refractivity (Wildman–Crippen MR) is 62.3 cm³/mol. The van der Waals surface area contributed by atoms with Crippen molar-refractivity contribution in [3.63, 3.8) is 0 Å². The Hall–Kier alpha value is -1.50. The molecular weight excluding hydrogens is 224 g/mol. The summed E-state index contributed by atoms with van der Waals surface area (Å²) in [4.78, 5) is 24.5. The van der Waals surface area contributed by atoms with Crippen molar-refractivity contribution in [2.75, 3.05) is 26.2 Å². The Morgan fingerprint density at radius 2 is 1.76 bits per heavy atom. The van der Waals surface area contributed by atoms with E-state index in [0.29, 0.717) is 13.1 Å². The van der Waals surface area contributed by atoms with E-state index in [0.717, 1.165) is 13.1 Å². The number of nitrogens with one attached hydrogen (secondary N) is 3. The van der Waals surface area contributed by atoms with Crippen molar-refractivity contribution in [1.29, 1.82) is 0 Å². The first kappa shape index (κ1) is 13.6. The zero-order valence-electron chi connectivity index (χ0n) is 10.5. The summed E-state index contributed by atoms with van der Waals surface area (Å²) in [5.74, 6) is 0. The first-order chi connectivity index (χ1) is 7.88. The molecule has 3 N–H and O–H groups in total. The van der Waals surface area contributed by atoms with Gasteiger partial charge >= 0.3 is 12.1 Å². The van der Waals surface area contributed by atoms with E-state index in [1.165, 1.54) is 0 Å². The highest BCUT2D eigenvalue weighted by Gasteiger charge is 2.19. The number of carbonyl (C=O) groups is 2. The van der Waals surface area contributed by atoms with Crippen molar-refractivity contribution < 1.29 is 14.3 Å². The molecule has 1 rings (SSSR count). The van der Waals surface area contributed by atoms with Gasteiger partial charge in [-0.15, -0.1) is 0 Å². The molecule has 1 saturated heterocycles. The van der Waals surface area contributed by atoms with Gasteiger partial charge in [-0.2, -0.15) is 0 Å². The van der Waals surface area contributed by atoms with Crippen LogP contribution in [0.25, 0.3) is 0 Å². The number of carbonyl (C=O) groups excluding carboxylic acids is 2. The van der Waals surface area contributed by atoms with Crippen molar-refractivity contribution in [3.05, 3.63) is 0 Å². The minimum absolute atomic E-state index is 0.322. The Balaban J connectivity index is 2.25. The average molecular weight is 244 g/mol. The summed E-state index contributed by atoms with van der Waals surface area (Å²) in [5.41, 5.74) is 3.94. The summed E-state index contributed by atoms with van der Waals surface area (Å²) < 4.78 is 4.98. The maximum absolute atomic E-state index is 11.6. The smallest absolute Gasteiger partial charge is 0.426 e. The molecule has 3 amide bonds. The van der Waals surface area contributed by atoms with Crippen LogP contribution in [0.4, 0.5) is 9.59 Å². The largest absolute Gasteiger partial charge is 0.443 e. The molecule has 0 unspecified atom stereocenters. The van der Waals surface area contributed by atoms with E-state index in [2.05, 4.69) is 16.2 Å². The maximum Gasteiger partial charge on any atom is 0.426 e. The van der Waals surface area contributed by atoms with E-state index >= 15 is 0 Å². The predicted octanol–water partition coefficient (Wildman–Crippen LogP) is 0.0409. The second-order valence-corrected chi connectivity index (χ2v) is 4.79. The molecule has 0 aliphatic carbocycles. The Labute approximate surface area is 101 Å². The molecule has 0 bridgehead atoms. The van der Waals surface area contributed by atoms with E-state index in [-0.39, 0.29) is 6.03 Å². The Morgan fingerprint density at radius 3 is 2.29 bits per heavy atom. The zero-order chi connectivity index (χ0) is 12.9. The second kappa shape index (κ2) is 5.72. The minimum Gasteiger partial charge on any atom is -0.443 e. The number of ether oxygens (including phenoxy) is 1. The third kappa shape index (κ3) is 5.39. The quantitative estimate of drug-likeness (QED) is 0.525. The van der Waals surface area contributed by atoms with E-state index in [4.69, 9.17) is 4.74 Å². The maximum atomic E-state index is 11.6. The average Bonchev–Trinajstić information content (AvgIpc) is 2.25. The molecule has 0 atom stereocenters. The SMILES string of the molecule is CC(C)(C)OC(=O)NNC(=O)N1CCNCC1. The summed E-state index contributed by atoms with van der Waals surface area (Å²) in [7, 11) is 0. The summed E-state index contributed by atoms with van der Waals surface area (Å²) in [6.45, 7) is 8.05. The summed E-state index contributed by atoms with van der Waals surface area (Å²) in [6, 6.07) is -0.322. The van der Waals surface area contributed by atoms with Crippen molar-refractivity contribution in [2.24, 2.45) is 0 Å². The molecule has 0 aromatic rings. The van der Waals surface area contributed by atoms with E-state index in [1.807, 2.05) is 0 Å². The van der Waals surface area contributed by atoms with Crippen LogP contribution in [0.5, 0.6) is 0 Å². The monoisotopic (exact) mass is 244 g/mol. The van der Waals surface area contributed by atoms with Gasteiger partial charge in [-0.1, -0.05) is 0 Å². The van der Waals surface area contributed by atoms with Crippen LogP contribution in [0.3, 0.4) is 0 Å². The lowest BCUT2D eigenvalue weighted by Crippen LogP contribution is -2.54. The van der Waals surface area contributed by atoms with Crippen molar-refractivity contribution in [3.8, 4) is 0 Å². The molecule has 17 heavy (non-hydrogen) atoms. The van der Waals surface area contributed by atoms with E-state index < -0.39 is 11.7 Å². The van der Waals surface area contributed by atoms with Crippen LogP contribution in [0, 0.1) is 0 Å². The molecule has 0 spiro atoms. The normalized spacial score (nSPS) is 16.3. The van der Waals surface area contributed by atoms with Crippen LogP contribution >= 0.6 is 0 Å². The minimum atomic E-state index is -0.666. The molecule has 7 nitrogen and oxygen atoms in total. The molecule has 0 aromatic carbocycles. The molecule has 98 valence electrons. The van der Waals surface area contributed by atoms with Gasteiger partial charge in [-0.05, 0) is 20.8 Å². The Bertz CT molecular complexity index is 282. The van der Waals surface area contributed by atoms with Gasteiger partial charge in [0, 0.05) is 26.2 Å². The summed E-state index contributed by atoms with van der Waals surface area (Å²) >= 11 is 0. The van der Waals surface area contributed by atoms with E-state index in [1.54, 1.807) is 25.7 Å². The van der Waals surface area contributed by atoms with Crippen LogP contribution in [0.2, 0.25) is 0 Å². The fourth-order valence-electron chi connectivity index (χ4n) is 1.36. The summed E-state index contributed by atoms with van der Waals surface area (Å²) in [5, 5.41) is 3.13. The molecule has 1 heterocycles. The second-order valence-electron chi connectivity index (χ2n) is 4.79. The van der Waals surface area contributed by atoms with Crippen molar-refractivity contribution in [1.82, 2.24) is 21.1 Å². The number of rotatable bonds is 0. The lowest BCUT2D eigenvalue weighted by Gasteiger charge is -2.27.